The first-order valence-electron chi connectivity index (χ1n) is 5.35. The molecule has 1 unspecified atom stereocenters. The highest BCUT2D eigenvalue weighted by atomic mass is 79.9. The van der Waals surface area contributed by atoms with Gasteiger partial charge in [0.25, 0.3) is 0 Å². The van der Waals surface area contributed by atoms with Gasteiger partial charge in [0.05, 0.1) is 17.8 Å². The molecule has 0 amide bonds. The van der Waals surface area contributed by atoms with Crippen molar-refractivity contribution in [2.45, 2.75) is 13.0 Å². The van der Waals surface area contributed by atoms with Gasteiger partial charge in [0, 0.05) is 10.3 Å². The Morgan fingerprint density at radius 2 is 2.41 bits per heavy atom. The van der Waals surface area contributed by atoms with Crippen LogP contribution >= 0.6 is 27.3 Å². The highest BCUT2D eigenvalue weighted by Gasteiger charge is 2.21. The van der Waals surface area contributed by atoms with Crippen LogP contribution in [0.1, 0.15) is 23.6 Å². The van der Waals surface area contributed by atoms with E-state index < -0.39 is 0 Å². The zero-order valence-corrected chi connectivity index (χ0v) is 12.1. The Hall–Kier alpha value is -0.780. The van der Waals surface area contributed by atoms with Gasteiger partial charge in [-0.25, -0.2) is 0 Å². The van der Waals surface area contributed by atoms with Crippen molar-refractivity contribution in [1.29, 1.82) is 0 Å². The number of thiophene rings is 1. The maximum atomic E-state index is 5.53. The second-order valence-electron chi connectivity index (χ2n) is 3.51. The Morgan fingerprint density at radius 1 is 1.59 bits per heavy atom. The van der Waals surface area contributed by atoms with Gasteiger partial charge in [-0.05, 0) is 34.6 Å². The topological polar surface area (TPSA) is 34.4 Å². The van der Waals surface area contributed by atoms with Gasteiger partial charge in [-0.3, -0.25) is 0 Å². The number of rotatable bonds is 5. The van der Waals surface area contributed by atoms with E-state index in [1.165, 1.54) is 4.88 Å². The standard InChI is InChI=1S/C12H14BrNO2S/c1-3-14-11(12-9(13)4-5-16-12)10-6-8(15-2)7-17-10/h4-7,11,14H,3H2,1-2H3. The number of ether oxygens (including phenoxy) is 1. The maximum Gasteiger partial charge on any atom is 0.140 e. The van der Waals surface area contributed by atoms with Crippen LogP contribution in [0.5, 0.6) is 5.75 Å². The Bertz CT molecular complexity index is 480. The normalized spacial score (nSPS) is 12.6. The summed E-state index contributed by atoms with van der Waals surface area (Å²) in [4.78, 5) is 1.18. The molecule has 92 valence electrons. The molecule has 0 fully saturated rings. The van der Waals surface area contributed by atoms with Gasteiger partial charge in [0.1, 0.15) is 17.6 Å². The fraction of sp³-hybridized carbons (Fsp3) is 0.333. The molecule has 0 bridgehead atoms. The Kier molecular flexibility index (Phi) is 4.25. The van der Waals surface area contributed by atoms with E-state index in [0.717, 1.165) is 22.5 Å². The number of halogens is 1. The fourth-order valence-electron chi connectivity index (χ4n) is 1.63. The molecule has 0 aromatic carbocycles. The van der Waals surface area contributed by atoms with Crippen molar-refractivity contribution in [2.75, 3.05) is 13.7 Å². The summed E-state index contributed by atoms with van der Waals surface area (Å²) in [6.45, 7) is 2.95. The summed E-state index contributed by atoms with van der Waals surface area (Å²) in [6.07, 6.45) is 1.69. The SMILES string of the molecule is CCNC(c1cc(OC)cs1)c1occc1Br. The minimum absolute atomic E-state index is 0.0678. The van der Waals surface area contributed by atoms with Crippen LogP contribution in [-0.2, 0) is 0 Å². The third-order valence-electron chi connectivity index (χ3n) is 2.43. The molecule has 3 nitrogen and oxygen atoms in total. The van der Waals surface area contributed by atoms with E-state index in [1.807, 2.05) is 17.5 Å². The van der Waals surface area contributed by atoms with Gasteiger partial charge in [0.2, 0.25) is 0 Å². The second-order valence-corrected chi connectivity index (χ2v) is 5.31. The van der Waals surface area contributed by atoms with Crippen molar-refractivity contribution in [3.63, 3.8) is 0 Å². The molecule has 2 rings (SSSR count). The molecule has 0 aliphatic rings. The lowest BCUT2D eigenvalue weighted by Crippen LogP contribution is -2.20. The lowest BCUT2D eigenvalue weighted by Gasteiger charge is -2.14. The van der Waals surface area contributed by atoms with Crippen molar-refractivity contribution in [2.24, 2.45) is 0 Å². The van der Waals surface area contributed by atoms with E-state index in [2.05, 4.69) is 28.2 Å². The monoisotopic (exact) mass is 315 g/mol. The molecule has 17 heavy (non-hydrogen) atoms. The summed E-state index contributed by atoms with van der Waals surface area (Å²) < 4.78 is 11.7. The highest BCUT2D eigenvalue weighted by Crippen LogP contribution is 2.34. The van der Waals surface area contributed by atoms with Crippen LogP contribution in [0.4, 0.5) is 0 Å². The Balaban J connectivity index is 2.32. The summed E-state index contributed by atoms with van der Waals surface area (Å²) >= 11 is 5.16. The van der Waals surface area contributed by atoms with E-state index in [-0.39, 0.29) is 6.04 Å². The molecule has 0 aliphatic heterocycles. The number of furan rings is 1. The van der Waals surface area contributed by atoms with Gasteiger partial charge >= 0.3 is 0 Å². The molecule has 2 aromatic rings. The molecule has 1 atom stereocenters. The quantitative estimate of drug-likeness (QED) is 0.911. The lowest BCUT2D eigenvalue weighted by atomic mass is 10.2. The minimum atomic E-state index is 0.0678. The number of nitrogens with one attached hydrogen (secondary N) is 1. The summed E-state index contributed by atoms with van der Waals surface area (Å²) in [7, 11) is 1.68. The Morgan fingerprint density at radius 3 is 2.94 bits per heavy atom. The van der Waals surface area contributed by atoms with E-state index in [4.69, 9.17) is 9.15 Å². The first kappa shape index (κ1) is 12.7. The van der Waals surface area contributed by atoms with Crippen LogP contribution in [0.2, 0.25) is 0 Å². The highest BCUT2D eigenvalue weighted by molar-refractivity contribution is 9.10. The summed E-state index contributed by atoms with van der Waals surface area (Å²) in [6, 6.07) is 4.01. The summed E-state index contributed by atoms with van der Waals surface area (Å²) in [5.74, 6) is 1.78. The molecular weight excluding hydrogens is 302 g/mol. The molecule has 2 heterocycles. The first-order valence-corrected chi connectivity index (χ1v) is 7.02. The van der Waals surface area contributed by atoms with Crippen LogP contribution in [-0.4, -0.2) is 13.7 Å². The molecule has 2 aromatic heterocycles. The number of hydrogen-bond acceptors (Lipinski definition) is 4. The first-order chi connectivity index (χ1) is 8.26. The number of methoxy groups -OCH3 is 1. The van der Waals surface area contributed by atoms with Crippen LogP contribution in [0, 0.1) is 0 Å². The minimum Gasteiger partial charge on any atom is -0.496 e. The molecular formula is C12H14BrNO2S. The molecule has 0 saturated heterocycles. The van der Waals surface area contributed by atoms with Crippen LogP contribution in [0.15, 0.2) is 32.7 Å². The van der Waals surface area contributed by atoms with Gasteiger partial charge in [-0.15, -0.1) is 11.3 Å². The third kappa shape index (κ3) is 2.73. The number of hydrogen-bond donors (Lipinski definition) is 1. The van der Waals surface area contributed by atoms with Crippen LogP contribution < -0.4 is 10.1 Å². The van der Waals surface area contributed by atoms with Crippen LogP contribution in [0.25, 0.3) is 0 Å². The fourth-order valence-corrected chi connectivity index (χ4v) is 2.99. The Labute approximate surface area is 113 Å². The van der Waals surface area contributed by atoms with Crippen LogP contribution in [0.3, 0.4) is 0 Å². The predicted octanol–water partition coefficient (Wildman–Crippen LogP) is 3.81. The average molecular weight is 316 g/mol. The largest absolute Gasteiger partial charge is 0.496 e. The van der Waals surface area contributed by atoms with Crippen molar-refractivity contribution < 1.29 is 9.15 Å². The van der Waals surface area contributed by atoms with E-state index in [1.54, 1.807) is 24.7 Å². The van der Waals surface area contributed by atoms with Gasteiger partial charge in [0.15, 0.2) is 0 Å². The van der Waals surface area contributed by atoms with E-state index in [0.29, 0.717) is 0 Å². The van der Waals surface area contributed by atoms with Gasteiger partial charge in [-0.2, -0.15) is 0 Å². The zero-order chi connectivity index (χ0) is 12.3. The average Bonchev–Trinajstić information content (AvgIpc) is 2.95. The molecule has 0 spiro atoms. The smallest absolute Gasteiger partial charge is 0.140 e. The van der Waals surface area contributed by atoms with E-state index in [9.17, 15) is 0 Å². The second kappa shape index (κ2) is 5.71. The summed E-state index contributed by atoms with van der Waals surface area (Å²) in [5.41, 5.74) is 0. The molecule has 0 radical (unpaired) electrons. The summed E-state index contributed by atoms with van der Waals surface area (Å²) in [5, 5.41) is 5.41. The van der Waals surface area contributed by atoms with E-state index >= 15 is 0 Å². The predicted molar refractivity (Wildman–Crippen MR) is 72.8 cm³/mol. The molecule has 1 N–H and O–H groups in total. The zero-order valence-electron chi connectivity index (χ0n) is 9.70. The lowest BCUT2D eigenvalue weighted by molar-refractivity contribution is 0.415. The van der Waals surface area contributed by atoms with Gasteiger partial charge in [-0.1, -0.05) is 6.92 Å². The van der Waals surface area contributed by atoms with Crippen molar-refractivity contribution >= 4 is 27.3 Å². The van der Waals surface area contributed by atoms with Gasteiger partial charge < -0.3 is 14.5 Å². The van der Waals surface area contributed by atoms with Crippen molar-refractivity contribution in [1.82, 2.24) is 5.32 Å². The van der Waals surface area contributed by atoms with Crippen molar-refractivity contribution in [3.05, 3.63) is 38.9 Å². The molecule has 0 aliphatic carbocycles. The maximum absolute atomic E-state index is 5.53. The molecule has 5 heteroatoms. The third-order valence-corrected chi connectivity index (χ3v) is 4.06. The molecule has 0 saturated carbocycles. The van der Waals surface area contributed by atoms with Crippen molar-refractivity contribution in [3.8, 4) is 5.75 Å².